The van der Waals surface area contributed by atoms with Crippen LogP contribution < -0.4 is 5.32 Å². The number of carbonyl (C=O) groups excluding carboxylic acids is 1. The van der Waals surface area contributed by atoms with Gasteiger partial charge >= 0.3 is 0 Å². The first-order valence-corrected chi connectivity index (χ1v) is 11.0. The Morgan fingerprint density at radius 1 is 1.03 bits per heavy atom. The molecule has 0 bridgehead atoms. The molecule has 0 aliphatic carbocycles. The number of rotatable bonds is 3. The molecule has 152 valence electrons. The van der Waals surface area contributed by atoms with Gasteiger partial charge in [-0.15, -0.1) is 0 Å². The number of hydrogen-bond donors (Lipinski definition) is 1. The third-order valence-corrected chi connectivity index (χ3v) is 7.07. The van der Waals surface area contributed by atoms with E-state index in [1.807, 2.05) is 6.07 Å². The van der Waals surface area contributed by atoms with E-state index in [0.29, 0.717) is 17.7 Å². The molecule has 0 radical (unpaired) electrons. The van der Waals surface area contributed by atoms with E-state index in [1.54, 1.807) is 42.7 Å². The van der Waals surface area contributed by atoms with Crippen molar-refractivity contribution in [1.82, 2.24) is 4.98 Å². The Morgan fingerprint density at radius 2 is 1.87 bits per heavy atom. The number of nitrogens with zero attached hydrogens (tertiary/aromatic N) is 1. The summed E-state index contributed by atoms with van der Waals surface area (Å²) in [6.07, 6.45) is 3.50. The molecule has 8 heteroatoms. The summed E-state index contributed by atoms with van der Waals surface area (Å²) in [6, 6.07) is 16.3. The second kappa shape index (κ2) is 7.02. The highest BCUT2D eigenvalue weighted by Crippen LogP contribution is 2.47. The summed E-state index contributed by atoms with van der Waals surface area (Å²) in [5.41, 5.74) is 1.66. The molecule has 7 nitrogen and oxygen atoms in total. The van der Waals surface area contributed by atoms with Crippen molar-refractivity contribution < 1.29 is 22.7 Å². The van der Waals surface area contributed by atoms with Crippen molar-refractivity contribution in [2.75, 3.05) is 11.9 Å². The molecule has 0 saturated carbocycles. The third kappa shape index (κ3) is 2.92. The number of anilines is 1. The lowest BCUT2D eigenvalue weighted by Gasteiger charge is -2.37. The summed E-state index contributed by atoms with van der Waals surface area (Å²) in [6.45, 7) is 0.280. The van der Waals surface area contributed by atoms with Gasteiger partial charge in [0.2, 0.25) is 9.84 Å². The molecule has 1 unspecified atom stereocenters. The largest absolute Gasteiger partial charge is 0.338 e. The highest BCUT2D eigenvalue weighted by atomic mass is 32.2. The minimum absolute atomic E-state index is 0.0685. The van der Waals surface area contributed by atoms with Crippen LogP contribution in [0.2, 0.25) is 0 Å². The smallest absolute Gasteiger partial charge is 0.289 e. The van der Waals surface area contributed by atoms with Gasteiger partial charge in [0.05, 0.1) is 28.2 Å². The van der Waals surface area contributed by atoms with Crippen LogP contribution in [0.25, 0.3) is 0 Å². The zero-order valence-electron chi connectivity index (χ0n) is 15.8. The van der Waals surface area contributed by atoms with Crippen LogP contribution in [-0.2, 0) is 29.9 Å². The van der Waals surface area contributed by atoms with Crippen LogP contribution in [0.3, 0.4) is 0 Å². The van der Waals surface area contributed by atoms with Crippen molar-refractivity contribution in [1.29, 1.82) is 0 Å². The minimum Gasteiger partial charge on any atom is -0.338 e. The number of fused-ring (bicyclic) bond motifs is 2. The molecule has 30 heavy (non-hydrogen) atoms. The van der Waals surface area contributed by atoms with Crippen LogP contribution in [0.5, 0.6) is 0 Å². The fourth-order valence-corrected chi connectivity index (χ4v) is 5.11. The number of benzene rings is 2. The van der Waals surface area contributed by atoms with Crippen LogP contribution in [0.4, 0.5) is 5.69 Å². The maximum Gasteiger partial charge on any atom is 0.289 e. The third-order valence-electron chi connectivity index (χ3n) is 5.31. The number of ether oxygens (including phenoxy) is 2. The summed E-state index contributed by atoms with van der Waals surface area (Å²) in [5.74, 6) is -2.17. The minimum atomic E-state index is -3.76. The predicted octanol–water partition coefficient (Wildman–Crippen LogP) is 3.20. The number of carbonyl (C=O) groups is 1. The molecule has 2 atom stereocenters. The number of aromatic nitrogens is 1. The van der Waals surface area contributed by atoms with Gasteiger partial charge in [0.15, 0.2) is 0 Å². The molecular weight excluding hydrogens is 404 g/mol. The molecule has 1 N–H and O–H groups in total. The van der Waals surface area contributed by atoms with E-state index in [-0.39, 0.29) is 16.4 Å². The number of hydrogen-bond acceptors (Lipinski definition) is 6. The first-order chi connectivity index (χ1) is 14.5. The van der Waals surface area contributed by atoms with Gasteiger partial charge in [0.25, 0.3) is 11.7 Å². The monoisotopic (exact) mass is 422 g/mol. The fourth-order valence-electron chi connectivity index (χ4n) is 3.80. The Morgan fingerprint density at radius 3 is 2.63 bits per heavy atom. The second-order valence-electron chi connectivity index (χ2n) is 7.12. The maximum atomic E-state index is 13.1. The summed E-state index contributed by atoms with van der Waals surface area (Å²) in [4.78, 5) is 17.3. The van der Waals surface area contributed by atoms with Crippen LogP contribution in [0, 0.1) is 0 Å². The summed E-state index contributed by atoms with van der Waals surface area (Å²) in [7, 11) is -3.76. The maximum absolute atomic E-state index is 13.1. The number of amides is 1. The predicted molar refractivity (Wildman–Crippen MR) is 107 cm³/mol. The zero-order valence-corrected chi connectivity index (χ0v) is 16.6. The van der Waals surface area contributed by atoms with Gasteiger partial charge in [0, 0.05) is 24.4 Å². The van der Waals surface area contributed by atoms with Crippen LogP contribution in [0.1, 0.15) is 23.7 Å². The Hall–Kier alpha value is -3.07. The van der Waals surface area contributed by atoms with E-state index in [9.17, 15) is 13.2 Å². The van der Waals surface area contributed by atoms with E-state index >= 15 is 0 Å². The molecule has 3 aromatic rings. The lowest BCUT2D eigenvalue weighted by atomic mass is 10.0. The van der Waals surface area contributed by atoms with Gasteiger partial charge in [-0.3, -0.25) is 9.78 Å². The van der Waals surface area contributed by atoms with E-state index in [2.05, 4.69) is 10.3 Å². The van der Waals surface area contributed by atoms with Crippen molar-refractivity contribution in [3.8, 4) is 0 Å². The molecular formula is C22H18N2O5S. The lowest BCUT2D eigenvalue weighted by molar-refractivity contribution is -0.282. The highest BCUT2D eigenvalue weighted by Gasteiger charge is 2.53. The highest BCUT2D eigenvalue weighted by molar-refractivity contribution is 7.91. The Labute approximate surface area is 173 Å². The van der Waals surface area contributed by atoms with E-state index in [4.69, 9.17) is 9.47 Å². The molecule has 2 aliphatic heterocycles. The first-order valence-electron chi connectivity index (χ1n) is 9.48. The molecule has 3 heterocycles. The quantitative estimate of drug-likeness (QED) is 0.697. The van der Waals surface area contributed by atoms with Gasteiger partial charge in [-0.1, -0.05) is 24.3 Å². The van der Waals surface area contributed by atoms with Crippen LogP contribution in [0.15, 0.2) is 82.8 Å². The van der Waals surface area contributed by atoms with Gasteiger partial charge in [-0.05, 0) is 42.0 Å². The molecule has 1 spiro atoms. The zero-order chi connectivity index (χ0) is 20.8. The standard InChI is InChI=1S/C22H18N2O5S/c25-21-22(28-12-10-20(29-22)15-5-4-11-23-14-15)18-13-17(8-9-19(18)24-21)30(26,27)16-6-2-1-3-7-16/h1-9,11,13-14,20H,10,12H2,(H,24,25)/t20?,22-/m1/s1. The molecule has 1 fully saturated rings. The number of pyridine rings is 1. The van der Waals surface area contributed by atoms with Gasteiger partial charge in [0.1, 0.15) is 0 Å². The van der Waals surface area contributed by atoms with Crippen LogP contribution >= 0.6 is 0 Å². The Kier molecular flexibility index (Phi) is 4.43. The SMILES string of the molecule is O=C1Nc2ccc(S(=O)(=O)c3ccccc3)cc2[C@]12OCCC(c1cccnc1)O2. The van der Waals surface area contributed by atoms with Gasteiger partial charge in [-0.2, -0.15) is 0 Å². The molecule has 2 aromatic carbocycles. The molecule has 1 saturated heterocycles. The van der Waals surface area contributed by atoms with E-state index in [1.165, 1.54) is 24.3 Å². The first kappa shape index (κ1) is 18.9. The van der Waals surface area contributed by atoms with Gasteiger partial charge < -0.3 is 14.8 Å². The summed E-state index contributed by atoms with van der Waals surface area (Å²) < 4.78 is 38.2. The van der Waals surface area contributed by atoms with Gasteiger partial charge in [-0.25, -0.2) is 8.42 Å². The number of sulfone groups is 1. The molecule has 2 aliphatic rings. The lowest BCUT2D eigenvalue weighted by Crippen LogP contribution is -2.44. The molecule has 5 rings (SSSR count). The average molecular weight is 422 g/mol. The molecule has 1 amide bonds. The number of nitrogens with one attached hydrogen (secondary N) is 1. The second-order valence-corrected chi connectivity index (χ2v) is 9.07. The van der Waals surface area contributed by atoms with Crippen molar-refractivity contribution in [2.45, 2.75) is 28.1 Å². The Bertz CT molecular complexity index is 1210. The van der Waals surface area contributed by atoms with Crippen LogP contribution in [-0.4, -0.2) is 25.9 Å². The summed E-state index contributed by atoms with van der Waals surface area (Å²) >= 11 is 0. The molecule has 1 aromatic heterocycles. The fraction of sp³-hybridized carbons (Fsp3) is 0.182. The van der Waals surface area contributed by atoms with Crippen molar-refractivity contribution in [2.24, 2.45) is 0 Å². The van der Waals surface area contributed by atoms with E-state index < -0.39 is 27.6 Å². The van der Waals surface area contributed by atoms with Crippen molar-refractivity contribution in [3.05, 3.63) is 84.2 Å². The Balaban J connectivity index is 1.58. The topological polar surface area (TPSA) is 94.6 Å². The van der Waals surface area contributed by atoms with Crippen molar-refractivity contribution in [3.63, 3.8) is 0 Å². The average Bonchev–Trinajstić information content (AvgIpc) is 3.05. The normalized spacial score (nSPS) is 23.2. The van der Waals surface area contributed by atoms with E-state index in [0.717, 1.165) is 5.56 Å². The summed E-state index contributed by atoms with van der Waals surface area (Å²) in [5, 5.41) is 2.75. The van der Waals surface area contributed by atoms with Crippen molar-refractivity contribution >= 4 is 21.4 Å².